The maximum Gasteiger partial charge on any atom is 0.341 e. The summed E-state index contributed by atoms with van der Waals surface area (Å²) < 4.78 is 6.00. The van der Waals surface area contributed by atoms with E-state index in [2.05, 4.69) is 9.84 Å². The van der Waals surface area contributed by atoms with Gasteiger partial charge in [-0.2, -0.15) is 5.10 Å². The number of hydrogen-bond acceptors (Lipinski definition) is 4. The number of esters is 1. The van der Waals surface area contributed by atoms with E-state index < -0.39 is 12.1 Å². The second kappa shape index (κ2) is 4.04. The third-order valence-corrected chi connectivity index (χ3v) is 1.69. The lowest BCUT2D eigenvalue weighted by atomic mass is 10.3. The van der Waals surface area contributed by atoms with Crippen molar-refractivity contribution >= 4 is 5.97 Å². The smallest absolute Gasteiger partial charge is 0.341 e. The standard InChI is InChI=1S/C8H12N2O3/c1-3-10-5-4-6(9-10)7(11)8(12)13-2/h4-5,7,11H,3H2,1-2H3. The number of aromatic nitrogens is 2. The highest BCUT2D eigenvalue weighted by atomic mass is 16.5. The number of carbonyl (C=O) groups excluding carboxylic acids is 1. The fraction of sp³-hybridized carbons (Fsp3) is 0.500. The first-order valence-corrected chi connectivity index (χ1v) is 3.98. The summed E-state index contributed by atoms with van der Waals surface area (Å²) in [6.07, 6.45) is 0.416. The summed E-state index contributed by atoms with van der Waals surface area (Å²) in [5.41, 5.74) is 0.314. The summed E-state index contributed by atoms with van der Waals surface area (Å²) in [5.74, 6) is -0.693. The van der Waals surface area contributed by atoms with E-state index in [1.54, 1.807) is 16.9 Å². The van der Waals surface area contributed by atoms with Crippen molar-refractivity contribution < 1.29 is 14.6 Å². The summed E-state index contributed by atoms with van der Waals surface area (Å²) in [7, 11) is 1.22. The van der Waals surface area contributed by atoms with Gasteiger partial charge in [0.05, 0.1) is 7.11 Å². The molecule has 0 radical (unpaired) electrons. The van der Waals surface area contributed by atoms with Crippen LogP contribution in [0.25, 0.3) is 0 Å². The molecule has 0 saturated heterocycles. The van der Waals surface area contributed by atoms with E-state index in [-0.39, 0.29) is 0 Å². The molecule has 1 aromatic heterocycles. The number of methoxy groups -OCH3 is 1. The molecule has 0 saturated carbocycles. The van der Waals surface area contributed by atoms with Crippen LogP contribution in [0.15, 0.2) is 12.3 Å². The number of aliphatic hydroxyl groups excluding tert-OH is 1. The predicted molar refractivity (Wildman–Crippen MR) is 44.9 cm³/mol. The molecular weight excluding hydrogens is 172 g/mol. The van der Waals surface area contributed by atoms with Crippen LogP contribution in [-0.2, 0) is 16.1 Å². The summed E-state index contributed by atoms with van der Waals surface area (Å²) in [5, 5.41) is 13.3. The van der Waals surface area contributed by atoms with Crippen molar-refractivity contribution in [3.63, 3.8) is 0 Å². The van der Waals surface area contributed by atoms with Crippen LogP contribution in [0.4, 0.5) is 0 Å². The molecule has 0 aliphatic heterocycles. The van der Waals surface area contributed by atoms with E-state index in [0.29, 0.717) is 12.2 Å². The average molecular weight is 184 g/mol. The first-order chi connectivity index (χ1) is 6.19. The minimum absolute atomic E-state index is 0.314. The van der Waals surface area contributed by atoms with Gasteiger partial charge >= 0.3 is 5.97 Å². The Hall–Kier alpha value is -1.36. The van der Waals surface area contributed by atoms with Gasteiger partial charge in [0, 0.05) is 12.7 Å². The number of hydrogen-bond donors (Lipinski definition) is 1. The van der Waals surface area contributed by atoms with E-state index in [1.807, 2.05) is 6.92 Å². The number of ether oxygens (including phenoxy) is 1. The van der Waals surface area contributed by atoms with Crippen molar-refractivity contribution in [1.29, 1.82) is 0 Å². The molecule has 0 aliphatic rings. The first kappa shape index (κ1) is 9.73. The average Bonchev–Trinajstić information content (AvgIpc) is 2.63. The Morgan fingerprint density at radius 2 is 2.54 bits per heavy atom. The number of nitrogens with zero attached hydrogens (tertiary/aromatic N) is 2. The molecule has 1 atom stereocenters. The van der Waals surface area contributed by atoms with Gasteiger partial charge < -0.3 is 9.84 Å². The van der Waals surface area contributed by atoms with Crippen LogP contribution in [0.5, 0.6) is 0 Å². The van der Waals surface area contributed by atoms with Crippen LogP contribution in [0.2, 0.25) is 0 Å². The summed E-state index contributed by atoms with van der Waals surface area (Å²) in [6.45, 7) is 2.62. The Morgan fingerprint density at radius 1 is 1.85 bits per heavy atom. The number of carbonyl (C=O) groups is 1. The molecule has 0 amide bonds. The Labute approximate surface area is 75.9 Å². The highest BCUT2D eigenvalue weighted by Crippen LogP contribution is 2.10. The second-order valence-corrected chi connectivity index (χ2v) is 2.52. The zero-order valence-electron chi connectivity index (χ0n) is 7.60. The van der Waals surface area contributed by atoms with Gasteiger partial charge in [-0.25, -0.2) is 4.79 Å². The normalized spacial score (nSPS) is 12.5. The van der Waals surface area contributed by atoms with E-state index >= 15 is 0 Å². The Balaban J connectivity index is 2.76. The van der Waals surface area contributed by atoms with Crippen molar-refractivity contribution in [2.75, 3.05) is 7.11 Å². The third kappa shape index (κ3) is 2.06. The fourth-order valence-corrected chi connectivity index (χ4v) is 0.932. The van der Waals surface area contributed by atoms with E-state index in [1.165, 1.54) is 7.11 Å². The summed E-state index contributed by atoms with van der Waals surface area (Å²) in [4.78, 5) is 10.9. The number of rotatable bonds is 3. The molecule has 0 aliphatic carbocycles. The molecular formula is C8H12N2O3. The molecule has 5 nitrogen and oxygen atoms in total. The van der Waals surface area contributed by atoms with Crippen molar-refractivity contribution in [1.82, 2.24) is 9.78 Å². The minimum atomic E-state index is -1.28. The summed E-state index contributed by atoms with van der Waals surface area (Å²) >= 11 is 0. The van der Waals surface area contributed by atoms with E-state index in [0.717, 1.165) is 0 Å². The number of aryl methyl sites for hydroxylation is 1. The molecule has 0 bridgehead atoms. The van der Waals surface area contributed by atoms with Crippen LogP contribution in [0, 0.1) is 0 Å². The largest absolute Gasteiger partial charge is 0.467 e. The zero-order chi connectivity index (χ0) is 9.84. The molecule has 1 unspecified atom stereocenters. The molecule has 0 fully saturated rings. The maximum atomic E-state index is 10.9. The second-order valence-electron chi connectivity index (χ2n) is 2.52. The monoisotopic (exact) mass is 184 g/mol. The molecule has 1 rings (SSSR count). The lowest BCUT2D eigenvalue weighted by molar-refractivity contribution is -0.150. The van der Waals surface area contributed by atoms with Gasteiger partial charge in [-0.15, -0.1) is 0 Å². The SMILES string of the molecule is CCn1ccc(C(O)C(=O)OC)n1. The molecule has 72 valence electrons. The molecule has 1 N–H and O–H groups in total. The van der Waals surface area contributed by atoms with Gasteiger partial charge in [0.1, 0.15) is 5.69 Å². The topological polar surface area (TPSA) is 64.4 Å². The van der Waals surface area contributed by atoms with Crippen LogP contribution >= 0.6 is 0 Å². The zero-order valence-corrected chi connectivity index (χ0v) is 7.60. The molecule has 5 heteroatoms. The molecule has 1 heterocycles. The summed E-state index contributed by atoms with van der Waals surface area (Å²) in [6, 6.07) is 1.59. The number of aliphatic hydroxyl groups is 1. The third-order valence-electron chi connectivity index (χ3n) is 1.69. The van der Waals surface area contributed by atoms with E-state index in [4.69, 9.17) is 0 Å². The highest BCUT2D eigenvalue weighted by molar-refractivity contribution is 5.75. The van der Waals surface area contributed by atoms with E-state index in [9.17, 15) is 9.90 Å². The predicted octanol–water partition coefficient (Wildman–Crippen LogP) is 0.109. The van der Waals surface area contributed by atoms with Crippen LogP contribution in [0.1, 0.15) is 18.7 Å². The fourth-order valence-electron chi connectivity index (χ4n) is 0.932. The van der Waals surface area contributed by atoms with Crippen LogP contribution in [-0.4, -0.2) is 28.0 Å². The van der Waals surface area contributed by atoms with Gasteiger partial charge in [-0.3, -0.25) is 4.68 Å². The Kier molecular flexibility index (Phi) is 3.02. The van der Waals surface area contributed by atoms with Crippen molar-refractivity contribution in [2.45, 2.75) is 19.6 Å². The van der Waals surface area contributed by atoms with Gasteiger partial charge in [0.2, 0.25) is 0 Å². The van der Waals surface area contributed by atoms with Crippen molar-refractivity contribution in [2.24, 2.45) is 0 Å². The minimum Gasteiger partial charge on any atom is -0.467 e. The van der Waals surface area contributed by atoms with Crippen molar-refractivity contribution in [3.8, 4) is 0 Å². The Morgan fingerprint density at radius 3 is 3.00 bits per heavy atom. The van der Waals surface area contributed by atoms with Crippen molar-refractivity contribution in [3.05, 3.63) is 18.0 Å². The molecule has 1 aromatic rings. The van der Waals surface area contributed by atoms with Gasteiger partial charge in [-0.1, -0.05) is 0 Å². The molecule has 0 spiro atoms. The van der Waals surface area contributed by atoms with Crippen LogP contribution in [0.3, 0.4) is 0 Å². The lowest BCUT2D eigenvalue weighted by Crippen LogP contribution is -2.14. The lowest BCUT2D eigenvalue weighted by Gasteiger charge is -2.03. The first-order valence-electron chi connectivity index (χ1n) is 3.98. The van der Waals surface area contributed by atoms with Gasteiger partial charge in [0.25, 0.3) is 0 Å². The van der Waals surface area contributed by atoms with Crippen LogP contribution < -0.4 is 0 Å². The molecule has 0 aromatic carbocycles. The Bertz CT molecular complexity index is 295. The molecule has 13 heavy (non-hydrogen) atoms. The maximum absolute atomic E-state index is 10.9. The highest BCUT2D eigenvalue weighted by Gasteiger charge is 2.20. The van der Waals surface area contributed by atoms with Gasteiger partial charge in [0.15, 0.2) is 6.10 Å². The quantitative estimate of drug-likeness (QED) is 0.677. The van der Waals surface area contributed by atoms with Gasteiger partial charge in [-0.05, 0) is 13.0 Å².